The third-order valence-electron chi connectivity index (χ3n) is 18.8. The molecule has 0 spiro atoms. The molecule has 452 valence electrons. The Balaban J connectivity index is 3.02. The molecule has 1 fully saturated rings. The second kappa shape index (κ2) is 23.2. The van der Waals surface area contributed by atoms with Gasteiger partial charge in [0.1, 0.15) is 0 Å². The number of hydrogen-bond acceptors (Lipinski definition) is 2. The molecule has 1 aliphatic rings. The van der Waals surface area contributed by atoms with Crippen molar-refractivity contribution in [2.75, 3.05) is 0 Å². The topological polar surface area (TPSA) is 18.5 Å². The summed E-state index contributed by atoms with van der Waals surface area (Å²) in [5.41, 5.74) is 10.8. The Morgan fingerprint density at radius 1 is 0.244 bits per heavy atom. The molecule has 0 bridgehead atoms. The molecule has 2 aromatic carbocycles. The van der Waals surface area contributed by atoms with Crippen LogP contribution in [0.5, 0.6) is 0 Å². The molecule has 1 heterocycles. The van der Waals surface area contributed by atoms with Crippen LogP contribution >= 0.6 is 0 Å². The fraction of sp³-hybridized carbons (Fsp3) is 0.800. The first-order chi connectivity index (χ1) is 33.6. The van der Waals surface area contributed by atoms with E-state index in [1.807, 2.05) is 0 Å². The maximum absolute atomic E-state index is 8.59. The van der Waals surface area contributed by atoms with E-state index >= 15 is 0 Å². The van der Waals surface area contributed by atoms with Crippen LogP contribution in [0, 0.1) is 0 Å². The van der Waals surface area contributed by atoms with Gasteiger partial charge in [0.25, 0.3) is 0 Å². The van der Waals surface area contributed by atoms with E-state index in [1.165, 1.54) is 0 Å². The molecule has 1 saturated heterocycles. The Hall–Kier alpha value is 3.16. The summed E-state index contributed by atoms with van der Waals surface area (Å²) < 4.78 is 21.3. The third kappa shape index (κ3) is 14.7. The third-order valence-corrected chi connectivity index (χ3v) is 128. The maximum atomic E-state index is 8.59. The van der Waals surface area contributed by atoms with E-state index in [0.29, 0.717) is 29.2 Å². The first kappa shape index (κ1) is 75.4. The zero-order valence-corrected chi connectivity index (χ0v) is 81.3. The fourth-order valence-corrected chi connectivity index (χ4v) is 166. The van der Waals surface area contributed by atoms with E-state index in [2.05, 4.69) is 299 Å². The Morgan fingerprint density at radius 3 is 0.474 bits per heavy atom. The van der Waals surface area contributed by atoms with Gasteiger partial charge in [-0.3, -0.25) is 0 Å². The van der Waals surface area contributed by atoms with Gasteiger partial charge in [0.15, 0.2) is 0 Å². The summed E-state index contributed by atoms with van der Waals surface area (Å²) in [4.78, 5) is 0. The molecule has 2 aromatic rings. The molecule has 0 saturated carbocycles. The van der Waals surface area contributed by atoms with Gasteiger partial charge in [0.2, 0.25) is 0 Å². The standard InChI is InChI=1S/2C30H67Si7.2Bi.2O/c2*1-31(2,3)28(32(4,5)6)25-22-26(29(33(7,8)9)34(10,11)12)24-27(23-25)30(35(13,14)15,36(16,17)18)37(19,20)21;;;;/h2*23-24,28-29H,1-21H3;;;;. The van der Waals surface area contributed by atoms with Crippen molar-refractivity contribution < 1.29 is 1.78 Å². The average molecular weight is 1700 g/mol. The monoisotopic (exact) mass is 1700 g/mol. The van der Waals surface area contributed by atoms with Crippen molar-refractivity contribution >= 4 is 165 Å². The van der Waals surface area contributed by atoms with Crippen LogP contribution in [0.15, 0.2) is 24.3 Å². The first-order valence-electron chi connectivity index (χ1n) is 31.0. The average Bonchev–Trinajstić information content (AvgIpc) is 3.00. The zero-order valence-electron chi connectivity index (χ0n) is 60.3. The summed E-state index contributed by atoms with van der Waals surface area (Å²) in [5.74, 6) is 0. The van der Waals surface area contributed by atoms with E-state index in [-0.39, 0.29) is 0 Å². The predicted molar refractivity (Wildman–Crippen MR) is 407 cm³/mol. The summed E-state index contributed by atoms with van der Waals surface area (Å²) in [6, 6.07) is 12.1. The molecule has 0 N–H and O–H groups in total. The van der Waals surface area contributed by atoms with Gasteiger partial charge in [-0.15, -0.1) is 0 Å². The quantitative estimate of drug-likeness (QED) is 0.109. The molecular formula is C60H134Bi2O2Si14. The number of benzene rings is 2. The van der Waals surface area contributed by atoms with Gasteiger partial charge in [-0.05, 0) is 0 Å². The Labute approximate surface area is 522 Å². The SMILES string of the molecule is C[Si](C)(C)C(c1cc(C([Si](C)(C)C)([Si](C)(C)C)[Si](C)(C)C)cc(C([Si](C)(C)C)[Si](C)(C)C)[c]1[Bi]1[O][Bi]([c]2c(C([Si](C)(C)C)[Si](C)(C)C)cc(C([Si](C)(C)C)([Si](C)(C)C)[Si](C)(C)C)cc2C([Si](C)(C)C)[Si](C)(C)C)[O]1)[Si](C)(C)C. The van der Waals surface area contributed by atoms with Crippen LogP contribution in [-0.4, -0.2) is 158 Å². The van der Waals surface area contributed by atoms with Gasteiger partial charge in [-0.1, -0.05) is 0 Å². The van der Waals surface area contributed by atoms with Gasteiger partial charge in [0.05, 0.1) is 0 Å². The van der Waals surface area contributed by atoms with E-state index in [4.69, 9.17) is 1.78 Å². The first-order valence-corrected chi connectivity index (χ1v) is 89.7. The number of hydrogen-bond donors (Lipinski definition) is 0. The van der Waals surface area contributed by atoms with Gasteiger partial charge < -0.3 is 0 Å². The molecule has 0 unspecified atom stereocenters. The minimum absolute atomic E-state index is 0.299. The minimum atomic E-state index is -3.37. The Bertz CT molecular complexity index is 2040. The molecule has 0 atom stereocenters. The molecule has 0 aliphatic carbocycles. The van der Waals surface area contributed by atoms with Crippen molar-refractivity contribution in [2.24, 2.45) is 0 Å². The molecule has 18 heteroatoms. The van der Waals surface area contributed by atoms with E-state index in [9.17, 15) is 0 Å². The Morgan fingerprint density at radius 2 is 0.372 bits per heavy atom. The van der Waals surface area contributed by atoms with Crippen LogP contribution in [0.1, 0.15) is 54.0 Å². The zero-order chi connectivity index (χ0) is 62.3. The van der Waals surface area contributed by atoms with Crippen LogP contribution in [-0.2, 0) is 10.3 Å². The van der Waals surface area contributed by atoms with E-state index in [0.717, 1.165) is 0 Å². The van der Waals surface area contributed by atoms with Crippen molar-refractivity contribution in [2.45, 2.75) is 304 Å². The summed E-state index contributed by atoms with van der Waals surface area (Å²) in [6.45, 7) is 116. The normalized spacial score (nSPS) is 17.1. The summed E-state index contributed by atoms with van der Waals surface area (Å²) in [6.07, 6.45) is 0. The molecule has 3 rings (SSSR count). The van der Waals surface area contributed by atoms with Gasteiger partial charge in [-0.2, -0.15) is 0 Å². The van der Waals surface area contributed by atoms with E-state index in [1.54, 1.807) is 39.9 Å². The summed E-state index contributed by atoms with van der Waals surface area (Å²) in [7, 11) is -25.4. The predicted octanol–water partition coefficient (Wildman–Crippen LogP) is 19.9. The van der Waals surface area contributed by atoms with Crippen LogP contribution in [0.25, 0.3) is 0 Å². The van der Waals surface area contributed by atoms with Crippen molar-refractivity contribution in [3.8, 4) is 0 Å². The Kier molecular flexibility index (Phi) is 22.4. The van der Waals surface area contributed by atoms with Gasteiger partial charge in [-0.25, -0.2) is 0 Å². The molecular weight excluding hydrogens is 1560 g/mol. The van der Waals surface area contributed by atoms with Crippen LogP contribution < -0.4 is 6.54 Å². The van der Waals surface area contributed by atoms with Crippen molar-refractivity contribution in [1.82, 2.24) is 0 Å². The summed E-state index contributed by atoms with van der Waals surface area (Å²) >= 11 is -6.73. The van der Waals surface area contributed by atoms with Crippen molar-refractivity contribution in [3.05, 3.63) is 57.6 Å². The van der Waals surface area contributed by atoms with Crippen LogP contribution in [0.2, 0.25) is 275 Å². The second-order valence-corrected chi connectivity index (χ2v) is 140. The molecule has 0 amide bonds. The molecule has 78 heavy (non-hydrogen) atoms. The summed E-state index contributed by atoms with van der Waals surface area (Å²) in [5, 5.41) is 2.54. The van der Waals surface area contributed by atoms with Gasteiger partial charge >= 0.3 is 528 Å². The molecule has 0 radical (unpaired) electrons. The van der Waals surface area contributed by atoms with Crippen molar-refractivity contribution in [1.29, 1.82) is 0 Å². The van der Waals surface area contributed by atoms with Crippen molar-refractivity contribution in [3.63, 3.8) is 0 Å². The fourth-order valence-electron chi connectivity index (χ4n) is 21.7. The molecule has 1 aliphatic heterocycles. The second-order valence-electron chi connectivity index (χ2n) is 40.3. The van der Waals surface area contributed by atoms with Gasteiger partial charge in [0, 0.05) is 0 Å². The van der Waals surface area contributed by atoms with E-state index < -0.39 is 158 Å². The molecule has 2 nitrogen and oxygen atoms in total. The molecule has 0 aromatic heterocycles. The number of rotatable bonds is 22. The van der Waals surface area contributed by atoms with Crippen LogP contribution in [0.3, 0.4) is 0 Å². The van der Waals surface area contributed by atoms with Crippen LogP contribution in [0.4, 0.5) is 0 Å².